The van der Waals surface area contributed by atoms with Crippen molar-refractivity contribution < 1.29 is 34.2 Å². The molecule has 0 saturated heterocycles. The van der Waals surface area contributed by atoms with Crippen LogP contribution in [0.25, 0.3) is 0 Å². The molecule has 3 atom stereocenters. The summed E-state index contributed by atoms with van der Waals surface area (Å²) in [6.45, 7) is 0.671. The van der Waals surface area contributed by atoms with Gasteiger partial charge in [0.05, 0.1) is 18.1 Å². The molecule has 13 nitrogen and oxygen atoms in total. The van der Waals surface area contributed by atoms with E-state index < -0.39 is 60.8 Å². The topological polar surface area (TPSA) is 217 Å². The molecule has 0 spiro atoms. The molecule has 1 aromatic rings. The summed E-state index contributed by atoms with van der Waals surface area (Å²) in [7, 11) is 0. The van der Waals surface area contributed by atoms with Crippen LogP contribution in [0, 0.1) is 0 Å². The van der Waals surface area contributed by atoms with Gasteiger partial charge in [-0.1, -0.05) is 0 Å². The van der Waals surface area contributed by atoms with Crippen molar-refractivity contribution in [1.29, 1.82) is 0 Å². The highest BCUT2D eigenvalue weighted by Gasteiger charge is 2.26. The number of carbonyl (C=O) groups is 5. The minimum atomic E-state index is -1.30. The monoisotopic (exact) mass is 412 g/mol. The lowest BCUT2D eigenvalue weighted by Crippen LogP contribution is -2.55. The molecule has 0 aliphatic carbocycles. The van der Waals surface area contributed by atoms with Crippen LogP contribution < -0.4 is 21.7 Å². The fraction of sp³-hybridized carbons (Fsp3) is 0.500. The van der Waals surface area contributed by atoms with Gasteiger partial charge >= 0.3 is 11.9 Å². The molecule has 0 bridgehead atoms. The highest BCUT2D eigenvalue weighted by Crippen LogP contribution is 2.01. The number of hydrogen-bond acceptors (Lipinski definition) is 7. The molecule has 0 radical (unpaired) electrons. The predicted molar refractivity (Wildman–Crippen MR) is 97.3 cm³/mol. The number of imidazole rings is 1. The molecule has 160 valence electrons. The molecule has 0 aliphatic rings. The fourth-order valence-corrected chi connectivity index (χ4v) is 2.23. The lowest BCUT2D eigenvalue weighted by atomic mass is 10.1. The molecule has 29 heavy (non-hydrogen) atoms. The summed E-state index contributed by atoms with van der Waals surface area (Å²) < 4.78 is 0. The third-order valence-electron chi connectivity index (χ3n) is 3.77. The fourth-order valence-electron chi connectivity index (χ4n) is 2.23. The molecule has 8 N–H and O–H groups in total. The summed E-state index contributed by atoms with van der Waals surface area (Å²) in [6, 6.07) is -3.32. The number of H-pyrrole nitrogens is 1. The quantitative estimate of drug-likeness (QED) is 0.190. The first-order valence-corrected chi connectivity index (χ1v) is 8.65. The van der Waals surface area contributed by atoms with Crippen molar-refractivity contribution in [2.24, 2.45) is 5.73 Å². The zero-order valence-electron chi connectivity index (χ0n) is 15.7. The third-order valence-corrected chi connectivity index (χ3v) is 3.77. The summed E-state index contributed by atoms with van der Waals surface area (Å²) >= 11 is 0. The summed E-state index contributed by atoms with van der Waals surface area (Å²) in [6.07, 6.45) is 2.46. The summed E-state index contributed by atoms with van der Waals surface area (Å²) in [5.41, 5.74) is 6.34. The number of carboxylic acid groups (broad SMARTS) is 2. The van der Waals surface area contributed by atoms with Gasteiger partial charge < -0.3 is 36.9 Å². The van der Waals surface area contributed by atoms with Gasteiger partial charge in [0.1, 0.15) is 18.6 Å². The number of carboxylic acids is 2. The van der Waals surface area contributed by atoms with E-state index in [4.69, 9.17) is 15.9 Å². The standard InChI is InChI=1S/C16H24N6O7/c1-8(21-15(28)10(17)4-9-5-18-7-20-9)14(27)22-11(2-3-12(23)24)16(29)19-6-13(25)26/h5,7-8,10-11H,2-4,6,17H2,1H3,(H,18,20)(H,19,29)(H,21,28)(H,22,27)(H,23,24)(H,25,26)/t8-,10-,11-/m0/s1. The average molecular weight is 412 g/mol. The number of aromatic nitrogens is 2. The van der Waals surface area contributed by atoms with E-state index in [1.54, 1.807) is 6.20 Å². The molecule has 0 fully saturated rings. The molecule has 13 heteroatoms. The Morgan fingerprint density at radius 2 is 1.79 bits per heavy atom. The Bertz CT molecular complexity index is 736. The Labute approximate surface area is 165 Å². The molecule has 1 heterocycles. The van der Waals surface area contributed by atoms with Gasteiger partial charge in [-0.25, -0.2) is 4.98 Å². The Balaban J connectivity index is 2.63. The number of nitrogens with zero attached hydrogens (tertiary/aromatic N) is 1. The second-order valence-electron chi connectivity index (χ2n) is 6.21. The van der Waals surface area contributed by atoms with Crippen LogP contribution in [0.2, 0.25) is 0 Å². The van der Waals surface area contributed by atoms with E-state index in [0.29, 0.717) is 5.69 Å². The van der Waals surface area contributed by atoms with Crippen molar-refractivity contribution in [1.82, 2.24) is 25.9 Å². The summed E-state index contributed by atoms with van der Waals surface area (Å²) in [5.74, 6) is -4.72. The molecule has 1 aromatic heterocycles. The number of hydrogen-bond donors (Lipinski definition) is 7. The van der Waals surface area contributed by atoms with E-state index in [1.807, 2.05) is 0 Å². The van der Waals surface area contributed by atoms with Gasteiger partial charge in [-0.15, -0.1) is 0 Å². The normalized spacial score (nSPS) is 13.6. The first-order chi connectivity index (χ1) is 13.6. The maximum absolute atomic E-state index is 12.3. The largest absolute Gasteiger partial charge is 0.481 e. The highest BCUT2D eigenvalue weighted by atomic mass is 16.4. The van der Waals surface area contributed by atoms with Crippen LogP contribution in [0.4, 0.5) is 0 Å². The lowest BCUT2D eigenvalue weighted by molar-refractivity contribution is -0.140. The van der Waals surface area contributed by atoms with E-state index in [-0.39, 0.29) is 12.8 Å². The molecule has 0 aromatic carbocycles. The minimum Gasteiger partial charge on any atom is -0.481 e. The minimum absolute atomic E-state index is 0.141. The maximum Gasteiger partial charge on any atom is 0.322 e. The highest BCUT2D eigenvalue weighted by molar-refractivity contribution is 5.93. The Morgan fingerprint density at radius 3 is 2.34 bits per heavy atom. The van der Waals surface area contributed by atoms with Crippen LogP contribution in [0.1, 0.15) is 25.5 Å². The van der Waals surface area contributed by atoms with Gasteiger partial charge in [0, 0.05) is 19.0 Å². The third kappa shape index (κ3) is 8.83. The number of nitrogens with two attached hydrogens (primary N) is 1. The zero-order valence-corrected chi connectivity index (χ0v) is 15.7. The average Bonchev–Trinajstić information content (AvgIpc) is 3.15. The van der Waals surface area contributed by atoms with E-state index in [9.17, 15) is 24.0 Å². The zero-order chi connectivity index (χ0) is 22.0. The van der Waals surface area contributed by atoms with Crippen molar-refractivity contribution in [2.45, 2.75) is 44.3 Å². The Kier molecular flexibility index (Phi) is 9.25. The van der Waals surface area contributed by atoms with Crippen LogP contribution in [0.3, 0.4) is 0 Å². The number of aliphatic carboxylic acids is 2. The van der Waals surface area contributed by atoms with Crippen molar-refractivity contribution in [3.05, 3.63) is 18.2 Å². The second kappa shape index (κ2) is 11.4. The predicted octanol–water partition coefficient (Wildman–Crippen LogP) is -2.67. The SMILES string of the molecule is C[C@H](NC(=O)[C@@H](N)Cc1c[nH]cn1)C(=O)N[C@@H](CCC(=O)O)C(=O)NCC(=O)O. The van der Waals surface area contributed by atoms with Gasteiger partial charge in [-0.3, -0.25) is 24.0 Å². The molecular weight excluding hydrogens is 388 g/mol. The summed E-state index contributed by atoms with van der Waals surface area (Å²) in [4.78, 5) is 64.4. The molecule has 3 amide bonds. The van der Waals surface area contributed by atoms with Gasteiger partial charge in [-0.2, -0.15) is 0 Å². The van der Waals surface area contributed by atoms with Gasteiger partial charge in [0.25, 0.3) is 0 Å². The van der Waals surface area contributed by atoms with Crippen molar-refractivity contribution >= 4 is 29.7 Å². The number of rotatable bonds is 12. The van der Waals surface area contributed by atoms with E-state index in [2.05, 4.69) is 25.9 Å². The Morgan fingerprint density at radius 1 is 1.10 bits per heavy atom. The number of carbonyl (C=O) groups excluding carboxylic acids is 3. The van der Waals surface area contributed by atoms with Gasteiger partial charge in [0.15, 0.2) is 0 Å². The summed E-state index contributed by atoms with van der Waals surface area (Å²) in [5, 5.41) is 24.2. The van der Waals surface area contributed by atoms with Crippen LogP contribution in [-0.4, -0.2) is 74.5 Å². The van der Waals surface area contributed by atoms with E-state index in [0.717, 1.165) is 0 Å². The smallest absolute Gasteiger partial charge is 0.322 e. The molecule has 0 unspecified atom stereocenters. The van der Waals surface area contributed by atoms with Crippen LogP contribution >= 0.6 is 0 Å². The molecule has 0 aliphatic heterocycles. The molecular formula is C16H24N6O7. The first kappa shape index (κ1) is 23.6. The lowest BCUT2D eigenvalue weighted by Gasteiger charge is -2.21. The second-order valence-corrected chi connectivity index (χ2v) is 6.21. The van der Waals surface area contributed by atoms with Crippen LogP contribution in [0.5, 0.6) is 0 Å². The number of aromatic amines is 1. The maximum atomic E-state index is 12.3. The number of nitrogens with one attached hydrogen (secondary N) is 4. The first-order valence-electron chi connectivity index (χ1n) is 8.65. The van der Waals surface area contributed by atoms with Crippen LogP contribution in [0.15, 0.2) is 12.5 Å². The van der Waals surface area contributed by atoms with Crippen molar-refractivity contribution in [3.63, 3.8) is 0 Å². The van der Waals surface area contributed by atoms with Gasteiger partial charge in [0.2, 0.25) is 17.7 Å². The van der Waals surface area contributed by atoms with E-state index >= 15 is 0 Å². The van der Waals surface area contributed by atoms with Crippen molar-refractivity contribution in [3.8, 4) is 0 Å². The molecule has 0 saturated carbocycles. The molecule has 1 rings (SSSR count). The Hall–Kier alpha value is -3.48. The van der Waals surface area contributed by atoms with Crippen LogP contribution in [-0.2, 0) is 30.4 Å². The van der Waals surface area contributed by atoms with E-state index in [1.165, 1.54) is 13.3 Å². The number of amides is 3. The van der Waals surface area contributed by atoms with Crippen molar-refractivity contribution in [2.75, 3.05) is 6.54 Å². The van der Waals surface area contributed by atoms with Gasteiger partial charge in [-0.05, 0) is 13.3 Å².